The van der Waals surface area contributed by atoms with Gasteiger partial charge in [-0.3, -0.25) is 4.99 Å². The zero-order chi connectivity index (χ0) is 20.0. The molecule has 0 bridgehead atoms. The third-order valence-corrected chi connectivity index (χ3v) is 4.45. The Hall–Kier alpha value is -1.71. The van der Waals surface area contributed by atoms with E-state index in [0.717, 1.165) is 17.7 Å². The van der Waals surface area contributed by atoms with Crippen LogP contribution in [0.1, 0.15) is 52.1 Å². The molecule has 0 saturated heterocycles. The van der Waals surface area contributed by atoms with Gasteiger partial charge in [0.2, 0.25) is 0 Å². The first-order valence-corrected chi connectivity index (χ1v) is 9.41. The minimum absolute atomic E-state index is 0. The van der Waals surface area contributed by atoms with Crippen molar-refractivity contribution in [3.63, 3.8) is 0 Å². The zero-order valence-corrected chi connectivity index (χ0v) is 19.7. The Bertz CT molecular complexity index is 676. The number of aliphatic imine (C=N–C) groups is 1. The van der Waals surface area contributed by atoms with Crippen LogP contribution in [0.15, 0.2) is 29.3 Å². The summed E-state index contributed by atoms with van der Waals surface area (Å²) < 4.78 is 11.0. The van der Waals surface area contributed by atoms with Crippen molar-refractivity contribution in [2.75, 3.05) is 20.2 Å². The lowest BCUT2D eigenvalue weighted by Crippen LogP contribution is -2.40. The fourth-order valence-electron chi connectivity index (χ4n) is 2.80. The maximum absolute atomic E-state index is 12.1. The third kappa shape index (κ3) is 7.37. The molecule has 0 spiro atoms. The lowest BCUT2D eigenvalue weighted by atomic mass is 10.0. The average molecular weight is 504 g/mol. The van der Waals surface area contributed by atoms with Gasteiger partial charge in [-0.05, 0) is 40.2 Å². The van der Waals surface area contributed by atoms with E-state index in [1.165, 1.54) is 0 Å². The second-order valence-corrected chi connectivity index (χ2v) is 7.87. The molecule has 0 fully saturated rings. The second kappa shape index (κ2) is 10.7. The van der Waals surface area contributed by atoms with Gasteiger partial charge in [-0.15, -0.1) is 24.0 Å². The number of para-hydroxylation sites is 1. The largest absolute Gasteiger partial charge is 0.493 e. The molecule has 0 aromatic heterocycles. The molecule has 7 nitrogen and oxygen atoms in total. The zero-order valence-electron chi connectivity index (χ0n) is 17.4. The molecular weight excluding hydrogens is 471 g/mol. The SMILES string of the molecule is CC(CCN=C(N)NC1CCOc2ccccc21)N(C)C(=O)OC(C)(C)C.I. The van der Waals surface area contributed by atoms with E-state index in [1.54, 1.807) is 11.9 Å². The second-order valence-electron chi connectivity index (χ2n) is 7.87. The number of hydrogen-bond donors (Lipinski definition) is 2. The number of nitrogens with zero attached hydrogens (tertiary/aromatic N) is 2. The summed E-state index contributed by atoms with van der Waals surface area (Å²) in [6.45, 7) is 8.72. The standard InChI is InChI=1S/C20H32N4O3.HI/c1-14(24(5)19(25)27-20(2,3)4)10-12-22-18(21)23-16-11-13-26-17-9-7-6-8-15(16)17;/h6-9,14,16H,10-13H2,1-5H3,(H3,21,22,23);1H. The van der Waals surface area contributed by atoms with E-state index in [1.807, 2.05) is 52.0 Å². The van der Waals surface area contributed by atoms with E-state index in [-0.39, 0.29) is 42.2 Å². The topological polar surface area (TPSA) is 89.2 Å². The number of hydrogen-bond acceptors (Lipinski definition) is 4. The van der Waals surface area contributed by atoms with Gasteiger partial charge in [0.1, 0.15) is 11.4 Å². The number of rotatable bonds is 5. The fourth-order valence-corrected chi connectivity index (χ4v) is 2.80. The summed E-state index contributed by atoms with van der Waals surface area (Å²) in [6.07, 6.45) is 1.21. The highest BCUT2D eigenvalue weighted by molar-refractivity contribution is 14.0. The van der Waals surface area contributed by atoms with Crippen LogP contribution in [0.2, 0.25) is 0 Å². The van der Waals surface area contributed by atoms with Crippen LogP contribution in [0.5, 0.6) is 5.75 Å². The van der Waals surface area contributed by atoms with Crippen LogP contribution in [0, 0.1) is 0 Å². The number of carbonyl (C=O) groups excluding carboxylic acids is 1. The van der Waals surface area contributed by atoms with Crippen molar-refractivity contribution in [3.05, 3.63) is 29.8 Å². The summed E-state index contributed by atoms with van der Waals surface area (Å²) in [5, 5.41) is 3.27. The average Bonchev–Trinajstić information content (AvgIpc) is 2.59. The molecule has 1 aromatic rings. The molecule has 1 aromatic carbocycles. The molecule has 3 N–H and O–H groups in total. The van der Waals surface area contributed by atoms with Crippen molar-refractivity contribution in [3.8, 4) is 5.75 Å². The Morgan fingerprint density at radius 1 is 1.43 bits per heavy atom. The third-order valence-electron chi connectivity index (χ3n) is 4.45. The molecule has 0 aliphatic carbocycles. The lowest BCUT2D eigenvalue weighted by Gasteiger charge is -2.28. The molecule has 0 radical (unpaired) electrons. The molecule has 1 aliphatic rings. The lowest BCUT2D eigenvalue weighted by molar-refractivity contribution is 0.0231. The Morgan fingerprint density at radius 2 is 2.11 bits per heavy atom. The summed E-state index contributed by atoms with van der Waals surface area (Å²) in [6, 6.07) is 8.05. The van der Waals surface area contributed by atoms with Crippen molar-refractivity contribution >= 4 is 36.0 Å². The van der Waals surface area contributed by atoms with E-state index >= 15 is 0 Å². The molecule has 0 saturated carbocycles. The molecule has 2 rings (SSSR count). The maximum atomic E-state index is 12.1. The number of amides is 1. The fraction of sp³-hybridized carbons (Fsp3) is 0.600. The van der Waals surface area contributed by atoms with Crippen LogP contribution in [0.25, 0.3) is 0 Å². The molecule has 2 atom stereocenters. The molecule has 1 amide bonds. The number of guanidine groups is 1. The molecular formula is C20H33IN4O3. The molecule has 2 unspecified atom stereocenters. The summed E-state index contributed by atoms with van der Waals surface area (Å²) >= 11 is 0. The minimum atomic E-state index is -0.502. The summed E-state index contributed by atoms with van der Waals surface area (Å²) in [5.41, 5.74) is 6.65. The van der Waals surface area contributed by atoms with Gasteiger partial charge in [-0.1, -0.05) is 18.2 Å². The van der Waals surface area contributed by atoms with Crippen molar-refractivity contribution in [2.45, 2.75) is 58.2 Å². The normalized spacial score (nSPS) is 17.5. The predicted octanol–water partition coefficient (Wildman–Crippen LogP) is 3.68. The molecule has 28 heavy (non-hydrogen) atoms. The molecule has 1 aliphatic heterocycles. The molecule has 8 heteroatoms. The minimum Gasteiger partial charge on any atom is -0.493 e. The number of ether oxygens (including phenoxy) is 2. The summed E-state index contributed by atoms with van der Waals surface area (Å²) in [4.78, 5) is 18.1. The van der Waals surface area contributed by atoms with E-state index in [2.05, 4.69) is 10.3 Å². The van der Waals surface area contributed by atoms with Gasteiger partial charge in [0, 0.05) is 31.6 Å². The Kier molecular flexibility index (Phi) is 9.32. The number of halogens is 1. The van der Waals surface area contributed by atoms with Crippen molar-refractivity contribution in [2.24, 2.45) is 10.7 Å². The smallest absolute Gasteiger partial charge is 0.410 e. The first-order chi connectivity index (χ1) is 12.7. The van der Waals surface area contributed by atoms with Crippen molar-refractivity contribution < 1.29 is 14.3 Å². The monoisotopic (exact) mass is 504 g/mol. The van der Waals surface area contributed by atoms with Crippen LogP contribution in [0.3, 0.4) is 0 Å². The Labute approximate surface area is 185 Å². The quantitative estimate of drug-likeness (QED) is 0.363. The van der Waals surface area contributed by atoms with Gasteiger partial charge in [0.15, 0.2) is 5.96 Å². The van der Waals surface area contributed by atoms with Gasteiger partial charge >= 0.3 is 6.09 Å². The molecule has 158 valence electrons. The summed E-state index contributed by atoms with van der Waals surface area (Å²) in [7, 11) is 1.74. The van der Waals surface area contributed by atoms with Gasteiger partial charge < -0.3 is 25.4 Å². The van der Waals surface area contributed by atoms with Crippen LogP contribution in [-0.4, -0.2) is 48.8 Å². The number of fused-ring (bicyclic) bond motifs is 1. The van der Waals surface area contributed by atoms with Crippen molar-refractivity contribution in [1.82, 2.24) is 10.2 Å². The van der Waals surface area contributed by atoms with E-state index in [0.29, 0.717) is 25.5 Å². The number of nitrogens with one attached hydrogen (secondary N) is 1. The Balaban J connectivity index is 0.00000392. The predicted molar refractivity (Wildman–Crippen MR) is 122 cm³/mol. The van der Waals surface area contributed by atoms with E-state index < -0.39 is 5.60 Å². The Morgan fingerprint density at radius 3 is 2.79 bits per heavy atom. The first kappa shape index (κ1) is 24.3. The van der Waals surface area contributed by atoms with Crippen molar-refractivity contribution in [1.29, 1.82) is 0 Å². The van der Waals surface area contributed by atoms with Crippen LogP contribution in [0.4, 0.5) is 4.79 Å². The number of nitrogens with two attached hydrogens (primary N) is 1. The van der Waals surface area contributed by atoms with E-state index in [9.17, 15) is 4.79 Å². The summed E-state index contributed by atoms with van der Waals surface area (Å²) in [5.74, 6) is 1.30. The van der Waals surface area contributed by atoms with Gasteiger partial charge in [-0.25, -0.2) is 4.79 Å². The van der Waals surface area contributed by atoms with Crippen LogP contribution >= 0.6 is 24.0 Å². The highest BCUT2D eigenvalue weighted by Gasteiger charge is 2.23. The van der Waals surface area contributed by atoms with Crippen LogP contribution in [-0.2, 0) is 4.74 Å². The van der Waals surface area contributed by atoms with Gasteiger partial charge in [0.05, 0.1) is 12.6 Å². The molecule has 1 heterocycles. The highest BCUT2D eigenvalue weighted by atomic mass is 127. The number of benzene rings is 1. The number of carbonyl (C=O) groups is 1. The highest BCUT2D eigenvalue weighted by Crippen LogP contribution is 2.31. The van der Waals surface area contributed by atoms with Crippen LogP contribution < -0.4 is 15.8 Å². The maximum Gasteiger partial charge on any atom is 0.410 e. The first-order valence-electron chi connectivity index (χ1n) is 9.41. The van der Waals surface area contributed by atoms with Gasteiger partial charge in [-0.2, -0.15) is 0 Å². The van der Waals surface area contributed by atoms with Gasteiger partial charge in [0.25, 0.3) is 0 Å². The van der Waals surface area contributed by atoms with E-state index in [4.69, 9.17) is 15.2 Å².